The molecule has 0 aromatic carbocycles. The molecule has 0 saturated carbocycles. The highest BCUT2D eigenvalue weighted by molar-refractivity contribution is 5.71. The van der Waals surface area contributed by atoms with Crippen molar-refractivity contribution in [3.63, 3.8) is 0 Å². The van der Waals surface area contributed by atoms with Gasteiger partial charge in [0.15, 0.2) is 6.10 Å². The van der Waals surface area contributed by atoms with E-state index in [1.165, 1.54) is 250 Å². The van der Waals surface area contributed by atoms with Gasteiger partial charge >= 0.3 is 17.9 Å². The molecule has 0 amide bonds. The second-order valence-electron chi connectivity index (χ2n) is 21.7. The molecule has 0 fully saturated rings. The lowest BCUT2D eigenvalue weighted by Crippen LogP contribution is -2.30. The summed E-state index contributed by atoms with van der Waals surface area (Å²) >= 11 is 0. The third kappa shape index (κ3) is 58.7. The van der Waals surface area contributed by atoms with Crippen LogP contribution in [0.2, 0.25) is 0 Å². The molecule has 0 aromatic heterocycles. The Balaban J connectivity index is 4.31. The monoisotopic (exact) mass is 999 g/mol. The van der Waals surface area contributed by atoms with Gasteiger partial charge in [0.1, 0.15) is 13.2 Å². The lowest BCUT2D eigenvalue weighted by Gasteiger charge is -2.18. The van der Waals surface area contributed by atoms with E-state index in [0.29, 0.717) is 19.3 Å². The molecule has 0 N–H and O–H groups in total. The van der Waals surface area contributed by atoms with Crippen LogP contribution in [0.25, 0.3) is 0 Å². The Hall–Kier alpha value is -2.11. The smallest absolute Gasteiger partial charge is 0.306 e. The largest absolute Gasteiger partial charge is 0.462 e. The average molecular weight is 1000 g/mol. The lowest BCUT2D eigenvalue weighted by atomic mass is 10.0. The zero-order chi connectivity index (χ0) is 51.4. The Morgan fingerprint density at radius 2 is 0.465 bits per heavy atom. The minimum absolute atomic E-state index is 0.0701. The number of rotatable bonds is 59. The molecule has 6 heteroatoms. The van der Waals surface area contributed by atoms with E-state index in [0.717, 1.165) is 64.2 Å². The molecule has 0 aromatic rings. The van der Waals surface area contributed by atoms with Gasteiger partial charge in [0, 0.05) is 19.3 Å². The molecule has 0 aliphatic rings. The van der Waals surface area contributed by atoms with Crippen molar-refractivity contribution >= 4 is 17.9 Å². The van der Waals surface area contributed by atoms with Crippen LogP contribution in [-0.2, 0) is 28.6 Å². The molecule has 0 radical (unpaired) electrons. The average Bonchev–Trinajstić information content (AvgIpc) is 3.37. The number of esters is 3. The maximum atomic E-state index is 12.9. The van der Waals surface area contributed by atoms with Gasteiger partial charge < -0.3 is 14.2 Å². The van der Waals surface area contributed by atoms with E-state index >= 15 is 0 Å². The van der Waals surface area contributed by atoms with Crippen molar-refractivity contribution < 1.29 is 28.6 Å². The third-order valence-electron chi connectivity index (χ3n) is 14.4. The van der Waals surface area contributed by atoms with Gasteiger partial charge in [0.2, 0.25) is 0 Å². The Morgan fingerprint density at radius 1 is 0.268 bits per heavy atom. The second kappa shape index (κ2) is 60.4. The van der Waals surface area contributed by atoms with Gasteiger partial charge in [-0.1, -0.05) is 289 Å². The summed E-state index contributed by atoms with van der Waals surface area (Å²) in [5.41, 5.74) is 0. The van der Waals surface area contributed by atoms with E-state index in [-0.39, 0.29) is 31.1 Å². The fourth-order valence-corrected chi connectivity index (χ4v) is 9.61. The molecule has 0 saturated heterocycles. The number of ether oxygens (including phenoxy) is 3. The van der Waals surface area contributed by atoms with Crippen LogP contribution in [-0.4, -0.2) is 37.2 Å². The molecule has 418 valence electrons. The zero-order valence-electron chi connectivity index (χ0n) is 48.0. The molecule has 0 heterocycles. The molecule has 0 aliphatic carbocycles. The lowest BCUT2D eigenvalue weighted by molar-refractivity contribution is -0.167. The van der Waals surface area contributed by atoms with Crippen molar-refractivity contribution in [3.05, 3.63) is 24.3 Å². The second-order valence-corrected chi connectivity index (χ2v) is 21.7. The summed E-state index contributed by atoms with van der Waals surface area (Å²) in [6.45, 7) is 6.69. The van der Waals surface area contributed by atoms with Gasteiger partial charge in [0.25, 0.3) is 0 Å². The van der Waals surface area contributed by atoms with E-state index in [1.807, 2.05) is 0 Å². The van der Waals surface area contributed by atoms with Gasteiger partial charge in [-0.3, -0.25) is 14.4 Å². The predicted molar refractivity (Wildman–Crippen MR) is 307 cm³/mol. The van der Waals surface area contributed by atoms with Gasteiger partial charge in [-0.25, -0.2) is 0 Å². The maximum Gasteiger partial charge on any atom is 0.306 e. The van der Waals surface area contributed by atoms with Crippen LogP contribution in [0, 0.1) is 0 Å². The molecule has 1 unspecified atom stereocenters. The topological polar surface area (TPSA) is 78.9 Å². The van der Waals surface area contributed by atoms with Crippen LogP contribution in [0.4, 0.5) is 0 Å². The Bertz CT molecular complexity index is 1150. The Kier molecular flexibility index (Phi) is 58.6. The number of carbonyl (C=O) groups is 3. The van der Waals surface area contributed by atoms with E-state index in [4.69, 9.17) is 14.2 Å². The molecule has 1 atom stereocenters. The molecular weight excluding hydrogens is 877 g/mol. The van der Waals surface area contributed by atoms with Gasteiger partial charge in [-0.2, -0.15) is 0 Å². The van der Waals surface area contributed by atoms with Crippen LogP contribution in [0.15, 0.2) is 24.3 Å². The maximum absolute atomic E-state index is 12.9. The van der Waals surface area contributed by atoms with E-state index in [2.05, 4.69) is 45.1 Å². The SMILES string of the molecule is CCCCCCCC/C=C\CCCCCCCC(=O)OCC(COC(=O)CCCCCCCCCCC/C=C\CCCCCCCCCC)OC(=O)CCCCCCCCCCCCCCCCCCC. The summed E-state index contributed by atoms with van der Waals surface area (Å²) in [7, 11) is 0. The Morgan fingerprint density at radius 3 is 0.704 bits per heavy atom. The summed E-state index contributed by atoms with van der Waals surface area (Å²) < 4.78 is 16.9. The minimum atomic E-state index is -0.772. The van der Waals surface area contributed by atoms with Crippen molar-refractivity contribution in [1.82, 2.24) is 0 Å². The highest BCUT2D eigenvalue weighted by Crippen LogP contribution is 2.17. The van der Waals surface area contributed by atoms with E-state index in [1.54, 1.807) is 0 Å². The third-order valence-corrected chi connectivity index (χ3v) is 14.4. The molecule has 0 spiro atoms. The number of carbonyl (C=O) groups excluding carboxylic acids is 3. The van der Waals surface area contributed by atoms with Crippen LogP contribution in [0.5, 0.6) is 0 Å². The van der Waals surface area contributed by atoms with Crippen molar-refractivity contribution in [3.8, 4) is 0 Å². The number of hydrogen-bond acceptors (Lipinski definition) is 6. The van der Waals surface area contributed by atoms with Crippen molar-refractivity contribution in [2.45, 2.75) is 361 Å². The highest BCUT2D eigenvalue weighted by Gasteiger charge is 2.19. The summed E-state index contributed by atoms with van der Waals surface area (Å²) in [4.78, 5) is 38.3. The standard InChI is InChI=1S/C65H122O6/c1-4-7-10-13-16-19-22-25-28-30-31-32-33-35-37-40-43-46-49-52-55-58-64(67)70-61-62(60-69-63(66)57-54-51-48-45-42-39-36-27-24-21-18-15-12-9-6-3)71-65(68)59-56-53-50-47-44-41-38-34-29-26-23-20-17-14-11-8-5-2/h27,30-31,36,62H,4-26,28-29,32-35,37-61H2,1-3H3/b31-30-,36-27-. The molecule has 0 rings (SSSR count). The predicted octanol–water partition coefficient (Wildman–Crippen LogP) is 21.4. The van der Waals surface area contributed by atoms with Crippen molar-refractivity contribution in [2.75, 3.05) is 13.2 Å². The fraction of sp³-hybridized carbons (Fsp3) is 0.892. The first kappa shape index (κ1) is 68.9. The van der Waals surface area contributed by atoms with Gasteiger partial charge in [0.05, 0.1) is 0 Å². The van der Waals surface area contributed by atoms with Gasteiger partial charge in [-0.05, 0) is 70.6 Å². The summed E-state index contributed by atoms with van der Waals surface area (Å²) in [6, 6.07) is 0. The van der Waals surface area contributed by atoms with Crippen molar-refractivity contribution in [1.29, 1.82) is 0 Å². The van der Waals surface area contributed by atoms with Crippen LogP contribution < -0.4 is 0 Å². The highest BCUT2D eigenvalue weighted by atomic mass is 16.6. The first-order valence-electron chi connectivity index (χ1n) is 31.8. The van der Waals surface area contributed by atoms with E-state index in [9.17, 15) is 14.4 Å². The fourth-order valence-electron chi connectivity index (χ4n) is 9.61. The number of unbranched alkanes of at least 4 members (excludes halogenated alkanes) is 44. The molecular formula is C65H122O6. The molecule has 6 nitrogen and oxygen atoms in total. The van der Waals surface area contributed by atoms with Crippen molar-refractivity contribution in [2.24, 2.45) is 0 Å². The van der Waals surface area contributed by atoms with Crippen LogP contribution in [0.1, 0.15) is 355 Å². The molecule has 0 aliphatic heterocycles. The van der Waals surface area contributed by atoms with Crippen LogP contribution >= 0.6 is 0 Å². The number of allylic oxidation sites excluding steroid dienone is 4. The quantitative estimate of drug-likeness (QED) is 0.0261. The summed E-state index contributed by atoms with van der Waals surface area (Å²) in [6.07, 6.45) is 71.8. The first-order valence-corrected chi connectivity index (χ1v) is 31.8. The number of hydrogen-bond donors (Lipinski definition) is 0. The zero-order valence-corrected chi connectivity index (χ0v) is 48.0. The minimum Gasteiger partial charge on any atom is -0.462 e. The summed E-state index contributed by atoms with van der Waals surface area (Å²) in [5.74, 6) is -0.855. The van der Waals surface area contributed by atoms with Gasteiger partial charge in [-0.15, -0.1) is 0 Å². The first-order chi connectivity index (χ1) is 35.0. The Labute approximate surface area is 443 Å². The van der Waals surface area contributed by atoms with E-state index < -0.39 is 6.10 Å². The molecule has 71 heavy (non-hydrogen) atoms. The normalized spacial score (nSPS) is 12.1. The van der Waals surface area contributed by atoms with Crippen LogP contribution in [0.3, 0.4) is 0 Å². The molecule has 0 bridgehead atoms. The summed E-state index contributed by atoms with van der Waals surface area (Å²) in [5, 5.41) is 0.